The highest BCUT2D eigenvalue weighted by molar-refractivity contribution is 7.89. The van der Waals surface area contributed by atoms with Crippen LogP contribution in [0, 0.1) is 5.92 Å². The van der Waals surface area contributed by atoms with E-state index in [9.17, 15) is 13.2 Å². The lowest BCUT2D eigenvalue weighted by Gasteiger charge is -2.39. The molecule has 2 unspecified atom stereocenters. The zero-order chi connectivity index (χ0) is 21.0. The van der Waals surface area contributed by atoms with Gasteiger partial charge in [0, 0.05) is 44.8 Å². The molecule has 0 radical (unpaired) electrons. The van der Waals surface area contributed by atoms with Crippen molar-refractivity contribution in [1.82, 2.24) is 14.5 Å². The maximum absolute atomic E-state index is 12.8. The fraction of sp³-hybridized carbons (Fsp3) is 0.667. The molecule has 2 atom stereocenters. The van der Waals surface area contributed by atoms with Crippen molar-refractivity contribution in [3.8, 4) is 0 Å². The van der Waals surface area contributed by atoms with Gasteiger partial charge in [0.2, 0.25) is 10.0 Å². The van der Waals surface area contributed by atoms with E-state index in [1.165, 1.54) is 12.1 Å². The normalized spacial score (nSPS) is 24.6. The summed E-state index contributed by atoms with van der Waals surface area (Å²) in [6.45, 7) is 10.8. The minimum atomic E-state index is -3.50. The number of benzene rings is 1. The monoisotopic (exact) mass is 423 g/mol. The molecule has 1 aromatic carbocycles. The minimum Gasteiger partial charge on any atom is -0.373 e. The number of hydrogen-bond acceptors (Lipinski definition) is 5. The van der Waals surface area contributed by atoms with Crippen molar-refractivity contribution in [2.75, 3.05) is 39.3 Å². The quantitative estimate of drug-likeness (QED) is 0.757. The number of morpholine rings is 1. The van der Waals surface area contributed by atoms with Crippen molar-refractivity contribution in [2.45, 2.75) is 50.7 Å². The Balaban J connectivity index is 1.52. The molecular formula is C21H33N3O4S. The molecule has 2 heterocycles. The number of nitrogens with zero attached hydrogens (tertiary/aromatic N) is 2. The third-order valence-electron chi connectivity index (χ3n) is 5.66. The Morgan fingerprint density at radius 1 is 1.10 bits per heavy atom. The van der Waals surface area contributed by atoms with Crippen LogP contribution < -0.4 is 4.72 Å². The van der Waals surface area contributed by atoms with E-state index >= 15 is 0 Å². The van der Waals surface area contributed by atoms with Crippen LogP contribution in [0.25, 0.3) is 0 Å². The SMILES string of the molecule is CCNS(=O)(=O)c1ccc(C(=O)N2CCC(CN3CC(C)OC(C)C3)CC2)cc1. The number of piperidine rings is 1. The van der Waals surface area contributed by atoms with E-state index in [2.05, 4.69) is 23.5 Å². The maximum atomic E-state index is 12.8. The second-order valence-electron chi connectivity index (χ2n) is 8.24. The second-order valence-corrected chi connectivity index (χ2v) is 10.0. The number of ether oxygens (including phenoxy) is 1. The fourth-order valence-electron chi connectivity index (χ4n) is 4.35. The molecule has 0 aliphatic carbocycles. The smallest absolute Gasteiger partial charge is 0.253 e. The van der Waals surface area contributed by atoms with Gasteiger partial charge in [-0.3, -0.25) is 9.69 Å². The lowest BCUT2D eigenvalue weighted by Crippen LogP contribution is -2.48. The van der Waals surface area contributed by atoms with Crippen molar-refractivity contribution < 1.29 is 17.9 Å². The number of nitrogens with one attached hydrogen (secondary N) is 1. The van der Waals surface area contributed by atoms with Gasteiger partial charge in [0.25, 0.3) is 5.91 Å². The van der Waals surface area contributed by atoms with Gasteiger partial charge in [-0.1, -0.05) is 6.92 Å². The zero-order valence-electron chi connectivity index (χ0n) is 17.6. The Hall–Kier alpha value is -1.48. The van der Waals surface area contributed by atoms with Crippen molar-refractivity contribution in [2.24, 2.45) is 5.92 Å². The molecule has 2 fully saturated rings. The van der Waals surface area contributed by atoms with Crippen molar-refractivity contribution in [3.05, 3.63) is 29.8 Å². The van der Waals surface area contributed by atoms with Gasteiger partial charge in [-0.15, -0.1) is 0 Å². The van der Waals surface area contributed by atoms with Crippen LogP contribution in [0.5, 0.6) is 0 Å². The molecule has 0 bridgehead atoms. The van der Waals surface area contributed by atoms with Crippen LogP contribution in [-0.2, 0) is 14.8 Å². The summed E-state index contributed by atoms with van der Waals surface area (Å²) < 4.78 is 32.3. The molecule has 1 aromatic rings. The van der Waals surface area contributed by atoms with Gasteiger partial charge < -0.3 is 9.64 Å². The Kier molecular flexibility index (Phi) is 7.32. The Morgan fingerprint density at radius 2 is 1.69 bits per heavy atom. The first-order valence-corrected chi connectivity index (χ1v) is 12.0. The van der Waals surface area contributed by atoms with Crippen molar-refractivity contribution in [3.63, 3.8) is 0 Å². The summed E-state index contributed by atoms with van der Waals surface area (Å²) in [5, 5.41) is 0. The number of likely N-dealkylation sites (tertiary alicyclic amines) is 1. The molecule has 7 nitrogen and oxygen atoms in total. The van der Waals surface area contributed by atoms with Gasteiger partial charge in [0.15, 0.2) is 0 Å². The number of sulfonamides is 1. The number of carbonyl (C=O) groups is 1. The summed E-state index contributed by atoms with van der Waals surface area (Å²) in [5.41, 5.74) is 0.537. The first kappa shape index (κ1) is 22.2. The average Bonchev–Trinajstić information content (AvgIpc) is 2.67. The highest BCUT2D eigenvalue weighted by Gasteiger charge is 2.28. The molecule has 0 spiro atoms. The summed E-state index contributed by atoms with van der Waals surface area (Å²) in [6, 6.07) is 6.21. The van der Waals surface area contributed by atoms with Gasteiger partial charge in [0.1, 0.15) is 0 Å². The highest BCUT2D eigenvalue weighted by atomic mass is 32.2. The Bertz CT molecular complexity index is 779. The lowest BCUT2D eigenvalue weighted by atomic mass is 9.95. The number of amides is 1. The average molecular weight is 424 g/mol. The van der Waals surface area contributed by atoms with E-state index in [1.54, 1.807) is 19.1 Å². The van der Waals surface area contributed by atoms with Crippen LogP contribution in [0.15, 0.2) is 29.2 Å². The van der Waals surface area contributed by atoms with Crippen LogP contribution in [0.4, 0.5) is 0 Å². The molecule has 29 heavy (non-hydrogen) atoms. The predicted octanol–water partition coefficient (Wildman–Crippen LogP) is 1.95. The molecule has 1 N–H and O–H groups in total. The topological polar surface area (TPSA) is 79.0 Å². The molecule has 0 aromatic heterocycles. The van der Waals surface area contributed by atoms with Crippen LogP contribution in [0.1, 0.15) is 44.0 Å². The standard InChI is InChI=1S/C21H33N3O4S/c1-4-22-29(26,27)20-7-5-19(6-8-20)21(25)24-11-9-18(10-12-24)15-23-13-16(2)28-17(3)14-23/h5-8,16-18,22H,4,9-15H2,1-3H3. The van der Waals surface area contributed by atoms with E-state index in [1.807, 2.05) is 4.90 Å². The summed E-state index contributed by atoms with van der Waals surface area (Å²) in [4.78, 5) is 17.4. The molecule has 162 valence electrons. The Morgan fingerprint density at radius 3 is 2.24 bits per heavy atom. The number of rotatable bonds is 6. The van der Waals surface area contributed by atoms with Crippen molar-refractivity contribution >= 4 is 15.9 Å². The van der Waals surface area contributed by atoms with Crippen LogP contribution >= 0.6 is 0 Å². The maximum Gasteiger partial charge on any atom is 0.253 e. The van der Waals surface area contributed by atoms with Gasteiger partial charge in [-0.05, 0) is 56.9 Å². The molecule has 8 heteroatoms. The fourth-order valence-corrected chi connectivity index (χ4v) is 5.39. The third-order valence-corrected chi connectivity index (χ3v) is 7.22. The third kappa shape index (κ3) is 5.78. The second kappa shape index (κ2) is 9.55. The largest absolute Gasteiger partial charge is 0.373 e. The zero-order valence-corrected chi connectivity index (χ0v) is 18.5. The molecule has 2 aliphatic rings. The summed E-state index contributed by atoms with van der Waals surface area (Å²) in [7, 11) is -3.50. The van der Waals surface area contributed by atoms with E-state index in [4.69, 9.17) is 4.74 Å². The summed E-state index contributed by atoms with van der Waals surface area (Å²) in [5.74, 6) is 0.577. The first-order chi connectivity index (χ1) is 13.8. The van der Waals surface area contributed by atoms with Crippen molar-refractivity contribution in [1.29, 1.82) is 0 Å². The molecule has 1 amide bonds. The van der Waals surface area contributed by atoms with Crippen LogP contribution in [0.2, 0.25) is 0 Å². The van der Waals surface area contributed by atoms with Gasteiger partial charge in [-0.25, -0.2) is 13.1 Å². The van der Waals surface area contributed by atoms with Gasteiger partial charge >= 0.3 is 0 Å². The number of hydrogen-bond donors (Lipinski definition) is 1. The van der Waals surface area contributed by atoms with Gasteiger partial charge in [-0.2, -0.15) is 0 Å². The molecule has 0 saturated carbocycles. The summed E-state index contributed by atoms with van der Waals surface area (Å²) in [6.07, 6.45) is 2.55. The van der Waals surface area contributed by atoms with E-state index in [0.29, 0.717) is 18.0 Å². The van der Waals surface area contributed by atoms with Crippen LogP contribution in [0.3, 0.4) is 0 Å². The minimum absolute atomic E-state index is 0.0236. The van der Waals surface area contributed by atoms with E-state index in [0.717, 1.165) is 45.6 Å². The van der Waals surface area contributed by atoms with E-state index < -0.39 is 10.0 Å². The molecule has 2 saturated heterocycles. The predicted molar refractivity (Wildman–Crippen MR) is 112 cm³/mol. The van der Waals surface area contributed by atoms with E-state index in [-0.39, 0.29) is 23.0 Å². The molecule has 2 aliphatic heterocycles. The summed E-state index contributed by atoms with van der Waals surface area (Å²) >= 11 is 0. The first-order valence-electron chi connectivity index (χ1n) is 10.5. The molecular weight excluding hydrogens is 390 g/mol. The number of carbonyl (C=O) groups excluding carboxylic acids is 1. The van der Waals surface area contributed by atoms with Gasteiger partial charge in [0.05, 0.1) is 17.1 Å². The lowest BCUT2D eigenvalue weighted by molar-refractivity contribution is -0.0728. The van der Waals surface area contributed by atoms with Crippen LogP contribution in [-0.4, -0.2) is 75.6 Å². The highest BCUT2D eigenvalue weighted by Crippen LogP contribution is 2.22. The molecule has 3 rings (SSSR count). The Labute approximate surface area is 174 Å².